The van der Waals surface area contributed by atoms with Crippen LogP contribution in [-0.2, 0) is 17.8 Å². The molecular formula is C12H17N5OS2. The summed E-state index contributed by atoms with van der Waals surface area (Å²) in [4.78, 5) is 16.9. The summed E-state index contributed by atoms with van der Waals surface area (Å²) in [7, 11) is 0. The van der Waals surface area contributed by atoms with Gasteiger partial charge < -0.3 is 11.1 Å². The maximum absolute atomic E-state index is 11.8. The van der Waals surface area contributed by atoms with E-state index in [1.807, 2.05) is 5.38 Å². The van der Waals surface area contributed by atoms with E-state index in [0.717, 1.165) is 16.3 Å². The zero-order valence-corrected chi connectivity index (χ0v) is 13.1. The fourth-order valence-corrected chi connectivity index (χ4v) is 3.05. The largest absolute Gasteiger partial charge is 0.375 e. The van der Waals surface area contributed by atoms with Gasteiger partial charge in [-0.05, 0) is 23.9 Å². The number of carbonyl (C=O) groups is 1. The number of aromatic nitrogens is 3. The number of nitrogen functional groups attached to an aromatic ring is 1. The third kappa shape index (κ3) is 3.97. The van der Waals surface area contributed by atoms with Gasteiger partial charge in [-0.15, -0.1) is 16.4 Å². The van der Waals surface area contributed by atoms with Crippen molar-refractivity contribution in [3.05, 3.63) is 21.6 Å². The summed E-state index contributed by atoms with van der Waals surface area (Å²) >= 11 is 2.73. The Hall–Kier alpha value is -1.54. The lowest BCUT2D eigenvalue weighted by Crippen LogP contribution is -2.23. The third-order valence-corrected chi connectivity index (χ3v) is 4.22. The Labute approximate surface area is 125 Å². The van der Waals surface area contributed by atoms with Crippen LogP contribution in [0.15, 0.2) is 5.38 Å². The average molecular weight is 311 g/mol. The van der Waals surface area contributed by atoms with Crippen molar-refractivity contribution < 1.29 is 4.79 Å². The van der Waals surface area contributed by atoms with Gasteiger partial charge in [0.2, 0.25) is 5.91 Å². The van der Waals surface area contributed by atoms with E-state index in [1.165, 1.54) is 22.9 Å². The van der Waals surface area contributed by atoms with E-state index in [0.29, 0.717) is 30.4 Å². The minimum absolute atomic E-state index is 0.000299. The van der Waals surface area contributed by atoms with Gasteiger partial charge in [-0.2, -0.15) is 0 Å². The Morgan fingerprint density at radius 1 is 1.50 bits per heavy atom. The minimum Gasteiger partial charge on any atom is -0.375 e. The number of nitrogens with one attached hydrogen (secondary N) is 1. The maximum Gasteiger partial charge on any atom is 0.220 e. The lowest BCUT2D eigenvalue weighted by Gasteiger charge is -2.05. The molecule has 2 aromatic heterocycles. The van der Waals surface area contributed by atoms with Crippen LogP contribution in [0, 0.1) is 0 Å². The third-order valence-electron chi connectivity index (χ3n) is 2.76. The summed E-state index contributed by atoms with van der Waals surface area (Å²) in [6.45, 7) is 4.62. The first kappa shape index (κ1) is 14.9. The van der Waals surface area contributed by atoms with Gasteiger partial charge in [-0.3, -0.25) is 4.79 Å². The highest BCUT2D eigenvalue weighted by Gasteiger charge is 2.12. The molecular weight excluding hydrogens is 294 g/mol. The van der Waals surface area contributed by atoms with E-state index < -0.39 is 0 Å². The smallest absolute Gasteiger partial charge is 0.220 e. The summed E-state index contributed by atoms with van der Waals surface area (Å²) in [6.07, 6.45) is 1.02. The van der Waals surface area contributed by atoms with Gasteiger partial charge in [0.05, 0.1) is 22.8 Å². The highest BCUT2D eigenvalue weighted by atomic mass is 32.1. The second-order valence-corrected chi connectivity index (χ2v) is 6.42. The first-order valence-corrected chi connectivity index (χ1v) is 7.99. The van der Waals surface area contributed by atoms with Crippen LogP contribution in [0.25, 0.3) is 0 Å². The highest BCUT2D eigenvalue weighted by Crippen LogP contribution is 2.19. The molecule has 2 aromatic rings. The topological polar surface area (TPSA) is 93.8 Å². The molecule has 1 amide bonds. The Kier molecular flexibility index (Phi) is 5.02. The molecule has 0 saturated heterocycles. The second kappa shape index (κ2) is 6.76. The number of hydrogen-bond acceptors (Lipinski definition) is 7. The number of nitrogens with zero attached hydrogens (tertiary/aromatic N) is 3. The molecule has 0 aromatic carbocycles. The van der Waals surface area contributed by atoms with Gasteiger partial charge in [-0.25, -0.2) is 4.98 Å². The normalized spacial score (nSPS) is 10.9. The maximum atomic E-state index is 11.8. The molecule has 108 valence electrons. The molecule has 6 nitrogen and oxygen atoms in total. The van der Waals surface area contributed by atoms with Crippen LogP contribution in [0.3, 0.4) is 0 Å². The van der Waals surface area contributed by atoms with Crippen molar-refractivity contribution in [3.63, 3.8) is 0 Å². The van der Waals surface area contributed by atoms with Crippen LogP contribution >= 0.6 is 22.9 Å². The second-order valence-electron chi connectivity index (χ2n) is 4.69. The van der Waals surface area contributed by atoms with Gasteiger partial charge in [0.1, 0.15) is 0 Å². The van der Waals surface area contributed by atoms with Crippen molar-refractivity contribution >= 4 is 33.9 Å². The minimum atomic E-state index is -0.000299. The molecule has 2 heterocycles. The monoisotopic (exact) mass is 311 g/mol. The standard InChI is InChI=1S/C12H17N5OS2/c1-7(2)11-9(20-17-16-11)5-14-10(18)4-3-8-6-19-12(13)15-8/h6-7H,3-5H2,1-2H3,(H2,13,15)(H,14,18). The van der Waals surface area contributed by atoms with Gasteiger partial charge in [0.15, 0.2) is 5.13 Å². The van der Waals surface area contributed by atoms with Crippen LogP contribution in [-0.4, -0.2) is 20.5 Å². The SMILES string of the molecule is CC(C)c1nnsc1CNC(=O)CCc1csc(N)n1. The van der Waals surface area contributed by atoms with Crippen molar-refractivity contribution in [3.8, 4) is 0 Å². The molecule has 0 saturated carbocycles. The van der Waals surface area contributed by atoms with E-state index in [-0.39, 0.29) is 5.91 Å². The van der Waals surface area contributed by atoms with Gasteiger partial charge in [0.25, 0.3) is 0 Å². The summed E-state index contributed by atoms with van der Waals surface area (Å²) in [6, 6.07) is 0. The molecule has 0 bridgehead atoms. The van der Waals surface area contributed by atoms with E-state index in [9.17, 15) is 4.79 Å². The summed E-state index contributed by atoms with van der Waals surface area (Å²) < 4.78 is 3.94. The van der Waals surface area contributed by atoms with Crippen LogP contribution in [0.4, 0.5) is 5.13 Å². The molecule has 0 radical (unpaired) electrons. The quantitative estimate of drug-likeness (QED) is 0.850. The molecule has 8 heteroatoms. The number of nitrogens with two attached hydrogens (primary N) is 1. The Morgan fingerprint density at radius 2 is 2.30 bits per heavy atom. The van der Waals surface area contributed by atoms with Crippen molar-refractivity contribution in [1.82, 2.24) is 19.9 Å². The number of amides is 1. The van der Waals surface area contributed by atoms with E-state index >= 15 is 0 Å². The number of carbonyl (C=O) groups excluding carboxylic acids is 1. The molecule has 0 unspecified atom stereocenters. The van der Waals surface area contributed by atoms with Crippen LogP contribution in [0.5, 0.6) is 0 Å². The van der Waals surface area contributed by atoms with Gasteiger partial charge in [-0.1, -0.05) is 18.3 Å². The number of anilines is 1. The molecule has 2 rings (SSSR count). The molecule has 3 N–H and O–H groups in total. The number of rotatable bonds is 6. The van der Waals surface area contributed by atoms with Crippen LogP contribution < -0.4 is 11.1 Å². The van der Waals surface area contributed by atoms with Crippen LogP contribution in [0.2, 0.25) is 0 Å². The summed E-state index contributed by atoms with van der Waals surface area (Å²) in [5.41, 5.74) is 7.37. The van der Waals surface area contributed by atoms with E-state index in [2.05, 4.69) is 33.7 Å². The highest BCUT2D eigenvalue weighted by molar-refractivity contribution is 7.13. The first-order chi connectivity index (χ1) is 9.56. The first-order valence-electron chi connectivity index (χ1n) is 6.34. The molecule has 0 fully saturated rings. The number of thiazole rings is 1. The predicted molar refractivity (Wildman–Crippen MR) is 80.7 cm³/mol. The van der Waals surface area contributed by atoms with Crippen molar-refractivity contribution in [2.75, 3.05) is 5.73 Å². The number of aryl methyl sites for hydroxylation is 1. The van der Waals surface area contributed by atoms with Gasteiger partial charge >= 0.3 is 0 Å². The zero-order chi connectivity index (χ0) is 14.5. The fraction of sp³-hybridized carbons (Fsp3) is 0.500. The molecule has 0 aliphatic carbocycles. The zero-order valence-electron chi connectivity index (χ0n) is 11.4. The number of hydrogen-bond donors (Lipinski definition) is 2. The van der Waals surface area contributed by atoms with Crippen molar-refractivity contribution in [1.29, 1.82) is 0 Å². The molecule has 20 heavy (non-hydrogen) atoms. The lowest BCUT2D eigenvalue weighted by molar-refractivity contribution is -0.121. The fourth-order valence-electron chi connectivity index (χ4n) is 1.72. The molecule has 0 spiro atoms. The molecule has 0 atom stereocenters. The summed E-state index contributed by atoms with van der Waals surface area (Å²) in [5.74, 6) is 0.318. The Morgan fingerprint density at radius 3 is 2.95 bits per heavy atom. The summed E-state index contributed by atoms with van der Waals surface area (Å²) in [5, 5.41) is 9.40. The lowest BCUT2D eigenvalue weighted by atomic mass is 10.1. The molecule has 0 aliphatic heterocycles. The van der Waals surface area contributed by atoms with E-state index in [1.54, 1.807) is 0 Å². The predicted octanol–water partition coefficient (Wildman–Crippen LogP) is 1.95. The van der Waals surface area contributed by atoms with Crippen molar-refractivity contribution in [2.45, 2.75) is 39.2 Å². The van der Waals surface area contributed by atoms with E-state index in [4.69, 9.17) is 5.73 Å². The average Bonchev–Trinajstić information content (AvgIpc) is 3.02. The van der Waals surface area contributed by atoms with Crippen LogP contribution in [0.1, 0.15) is 42.5 Å². The van der Waals surface area contributed by atoms with Gasteiger partial charge in [0, 0.05) is 11.8 Å². The molecule has 0 aliphatic rings. The van der Waals surface area contributed by atoms with Crippen molar-refractivity contribution in [2.24, 2.45) is 0 Å². The Balaban J connectivity index is 1.79. The Bertz CT molecular complexity index is 578.